The van der Waals surface area contributed by atoms with Crippen LogP contribution in [0, 0.1) is 17.0 Å². The molecular formula is C8H9N5O2. The first kappa shape index (κ1) is 9.53. The van der Waals surface area contributed by atoms with Gasteiger partial charge in [-0.15, -0.1) is 0 Å². The number of hydrogen-bond donors (Lipinski definition) is 1. The summed E-state index contributed by atoms with van der Waals surface area (Å²) in [6.45, 7) is 2.10. The van der Waals surface area contributed by atoms with Crippen molar-refractivity contribution in [3.05, 3.63) is 27.9 Å². The van der Waals surface area contributed by atoms with Crippen molar-refractivity contribution in [2.75, 3.05) is 11.7 Å². The molecule has 2 heterocycles. The fourth-order valence-corrected chi connectivity index (χ4v) is 1.29. The molecule has 0 spiro atoms. The standard InChI is InChI=1S/C8H9N5O2/c1-6-7(13(14)15)2-3-8(11-6)12-5-9-4-10-12/h2-3,5,10H,4H2,1H3. The second kappa shape index (κ2) is 3.62. The summed E-state index contributed by atoms with van der Waals surface area (Å²) in [6, 6.07) is 3.01. The lowest BCUT2D eigenvalue weighted by atomic mass is 10.3. The molecule has 78 valence electrons. The van der Waals surface area contributed by atoms with E-state index in [0.717, 1.165) is 0 Å². The molecule has 1 N–H and O–H groups in total. The van der Waals surface area contributed by atoms with Gasteiger partial charge in [-0.3, -0.25) is 15.1 Å². The highest BCUT2D eigenvalue weighted by molar-refractivity contribution is 5.77. The normalized spacial score (nSPS) is 14.6. The molecule has 0 aromatic carbocycles. The van der Waals surface area contributed by atoms with E-state index in [1.54, 1.807) is 24.3 Å². The van der Waals surface area contributed by atoms with Crippen LogP contribution >= 0.6 is 0 Å². The third-order valence-corrected chi connectivity index (χ3v) is 2.02. The van der Waals surface area contributed by atoms with Gasteiger partial charge in [0.25, 0.3) is 5.69 Å². The zero-order valence-corrected chi connectivity index (χ0v) is 8.04. The Balaban J connectivity index is 2.32. The van der Waals surface area contributed by atoms with E-state index in [-0.39, 0.29) is 5.69 Å². The van der Waals surface area contributed by atoms with Gasteiger partial charge in [-0.05, 0) is 13.0 Å². The predicted molar refractivity (Wildman–Crippen MR) is 54.6 cm³/mol. The van der Waals surface area contributed by atoms with Gasteiger partial charge in [0.1, 0.15) is 24.5 Å². The van der Waals surface area contributed by atoms with Crippen LogP contribution in [-0.4, -0.2) is 22.9 Å². The topological polar surface area (TPSA) is 83.7 Å². The Morgan fingerprint density at radius 1 is 1.60 bits per heavy atom. The monoisotopic (exact) mass is 207 g/mol. The van der Waals surface area contributed by atoms with Gasteiger partial charge in [-0.2, -0.15) is 0 Å². The molecule has 0 atom stereocenters. The van der Waals surface area contributed by atoms with Crippen molar-refractivity contribution >= 4 is 17.8 Å². The Morgan fingerprint density at radius 3 is 2.93 bits per heavy atom. The summed E-state index contributed by atoms with van der Waals surface area (Å²) in [6.07, 6.45) is 1.59. The van der Waals surface area contributed by atoms with Crippen molar-refractivity contribution in [1.29, 1.82) is 0 Å². The molecule has 0 radical (unpaired) electrons. The number of hydrazine groups is 1. The summed E-state index contributed by atoms with van der Waals surface area (Å²) in [4.78, 5) is 18.2. The minimum absolute atomic E-state index is 0.0230. The van der Waals surface area contributed by atoms with Crippen LogP contribution in [0.4, 0.5) is 11.5 Å². The predicted octanol–water partition coefficient (Wildman–Crippen LogP) is 0.609. The van der Waals surface area contributed by atoms with Gasteiger partial charge in [-0.25, -0.2) is 15.4 Å². The fourth-order valence-electron chi connectivity index (χ4n) is 1.29. The maximum Gasteiger partial charge on any atom is 0.290 e. The van der Waals surface area contributed by atoms with E-state index < -0.39 is 4.92 Å². The van der Waals surface area contributed by atoms with Crippen LogP contribution in [0.3, 0.4) is 0 Å². The number of hydrogen-bond acceptors (Lipinski definition) is 6. The first-order chi connectivity index (χ1) is 7.18. The maximum absolute atomic E-state index is 10.6. The number of nitro groups is 1. The van der Waals surface area contributed by atoms with Crippen LogP contribution in [0.25, 0.3) is 0 Å². The summed E-state index contributed by atoms with van der Waals surface area (Å²) >= 11 is 0. The number of pyridine rings is 1. The van der Waals surface area contributed by atoms with Crippen molar-refractivity contribution < 1.29 is 4.92 Å². The molecule has 15 heavy (non-hydrogen) atoms. The van der Waals surface area contributed by atoms with Gasteiger partial charge < -0.3 is 0 Å². The zero-order chi connectivity index (χ0) is 10.8. The molecule has 0 saturated carbocycles. The molecule has 0 fully saturated rings. The summed E-state index contributed by atoms with van der Waals surface area (Å²) in [7, 11) is 0. The highest BCUT2D eigenvalue weighted by Gasteiger charge is 2.15. The second-order valence-corrected chi connectivity index (χ2v) is 3.02. The van der Waals surface area contributed by atoms with Gasteiger partial charge in [0.15, 0.2) is 0 Å². The van der Waals surface area contributed by atoms with Crippen molar-refractivity contribution in [1.82, 2.24) is 10.4 Å². The first-order valence-corrected chi connectivity index (χ1v) is 4.33. The van der Waals surface area contributed by atoms with Crippen LogP contribution in [-0.2, 0) is 0 Å². The molecule has 1 aliphatic heterocycles. The number of aryl methyl sites for hydroxylation is 1. The molecule has 0 aliphatic carbocycles. The van der Waals surface area contributed by atoms with Gasteiger partial charge in [0.05, 0.1) is 4.92 Å². The first-order valence-electron chi connectivity index (χ1n) is 4.33. The minimum Gasteiger partial charge on any atom is -0.258 e. The average molecular weight is 207 g/mol. The molecule has 0 amide bonds. The maximum atomic E-state index is 10.6. The molecule has 1 aliphatic rings. The van der Waals surface area contributed by atoms with E-state index in [0.29, 0.717) is 18.2 Å². The summed E-state index contributed by atoms with van der Waals surface area (Å²) in [5.41, 5.74) is 3.34. The Kier molecular flexibility index (Phi) is 2.30. The third-order valence-electron chi connectivity index (χ3n) is 2.02. The lowest BCUT2D eigenvalue weighted by Crippen LogP contribution is -2.32. The molecule has 1 aromatic rings. The lowest BCUT2D eigenvalue weighted by molar-refractivity contribution is -0.385. The quantitative estimate of drug-likeness (QED) is 0.567. The molecule has 0 unspecified atom stereocenters. The SMILES string of the molecule is Cc1nc(N2C=NCN2)ccc1[N+](=O)[O-]. The van der Waals surface area contributed by atoms with Crippen molar-refractivity contribution in [2.45, 2.75) is 6.92 Å². The van der Waals surface area contributed by atoms with Crippen LogP contribution in [0.15, 0.2) is 17.1 Å². The Labute approximate surface area is 85.6 Å². The summed E-state index contributed by atoms with van der Waals surface area (Å²) in [5.74, 6) is 0.597. The fraction of sp³-hybridized carbons (Fsp3) is 0.250. The molecule has 0 saturated heterocycles. The van der Waals surface area contributed by atoms with E-state index in [2.05, 4.69) is 15.4 Å². The van der Waals surface area contributed by atoms with E-state index in [1.807, 2.05) is 0 Å². The van der Waals surface area contributed by atoms with E-state index in [9.17, 15) is 10.1 Å². The van der Waals surface area contributed by atoms with Crippen molar-refractivity contribution in [3.63, 3.8) is 0 Å². The summed E-state index contributed by atoms with van der Waals surface area (Å²) in [5, 5.41) is 12.2. The van der Waals surface area contributed by atoms with E-state index in [1.165, 1.54) is 6.07 Å². The number of nitrogens with one attached hydrogen (secondary N) is 1. The number of nitrogens with zero attached hydrogens (tertiary/aromatic N) is 4. The Morgan fingerprint density at radius 2 is 2.40 bits per heavy atom. The number of aromatic nitrogens is 1. The minimum atomic E-state index is -0.447. The third kappa shape index (κ3) is 1.77. The molecule has 1 aromatic heterocycles. The van der Waals surface area contributed by atoms with Crippen LogP contribution in [0.5, 0.6) is 0 Å². The van der Waals surface area contributed by atoms with E-state index >= 15 is 0 Å². The van der Waals surface area contributed by atoms with Crippen LogP contribution in [0.1, 0.15) is 5.69 Å². The smallest absolute Gasteiger partial charge is 0.258 e. The molecule has 7 nitrogen and oxygen atoms in total. The van der Waals surface area contributed by atoms with Gasteiger partial charge in [0, 0.05) is 6.07 Å². The van der Waals surface area contributed by atoms with Gasteiger partial charge >= 0.3 is 0 Å². The van der Waals surface area contributed by atoms with Gasteiger partial charge in [0.2, 0.25) is 0 Å². The Bertz CT molecular complexity index is 431. The number of aliphatic imine (C=N–C) groups is 1. The van der Waals surface area contributed by atoms with Crippen LogP contribution < -0.4 is 10.4 Å². The number of anilines is 1. The summed E-state index contributed by atoms with van der Waals surface area (Å²) < 4.78 is 0. The number of rotatable bonds is 2. The molecular weight excluding hydrogens is 198 g/mol. The zero-order valence-electron chi connectivity index (χ0n) is 8.04. The highest BCUT2D eigenvalue weighted by atomic mass is 16.6. The molecule has 7 heteroatoms. The lowest BCUT2D eigenvalue weighted by Gasteiger charge is -2.12. The highest BCUT2D eigenvalue weighted by Crippen LogP contribution is 2.19. The molecule has 0 bridgehead atoms. The van der Waals surface area contributed by atoms with E-state index in [4.69, 9.17) is 0 Å². The molecule has 2 rings (SSSR count). The average Bonchev–Trinajstić information content (AvgIpc) is 2.69. The largest absolute Gasteiger partial charge is 0.290 e. The van der Waals surface area contributed by atoms with Crippen molar-refractivity contribution in [3.8, 4) is 0 Å². The van der Waals surface area contributed by atoms with Crippen LogP contribution in [0.2, 0.25) is 0 Å². The van der Waals surface area contributed by atoms with Crippen molar-refractivity contribution in [2.24, 2.45) is 4.99 Å². The second-order valence-electron chi connectivity index (χ2n) is 3.02. The Hall–Kier alpha value is -2.02. The van der Waals surface area contributed by atoms with Gasteiger partial charge in [-0.1, -0.05) is 0 Å².